The standard InChI is InChI=1S/C56H37NO/c1-56(51-23-11-9-20-46(51)47-21-10-12-24-52(47)56)53-25-13-22-48-50-35-40(31-33-54(50)58-55(48)53)57(38-28-26-37(27-29-38)36-14-3-2-4-15-36)39-30-32-45-43-18-6-5-16-41(43)42-17-7-8-19-44(42)49(45)34-39/h2-35H,1H3. The number of fused-ring (bicyclic) bond motifs is 12. The van der Waals surface area contributed by atoms with E-state index < -0.39 is 0 Å². The van der Waals surface area contributed by atoms with Crippen LogP contribution in [0.4, 0.5) is 17.1 Å². The Morgan fingerprint density at radius 2 is 0.810 bits per heavy atom. The minimum atomic E-state index is -0.367. The Morgan fingerprint density at radius 1 is 0.345 bits per heavy atom. The normalized spacial score (nSPS) is 13.1. The fourth-order valence-corrected chi connectivity index (χ4v) is 9.98. The van der Waals surface area contributed by atoms with Gasteiger partial charge in [0.25, 0.3) is 0 Å². The zero-order valence-corrected chi connectivity index (χ0v) is 32.0. The summed E-state index contributed by atoms with van der Waals surface area (Å²) in [6.45, 7) is 2.36. The molecule has 0 amide bonds. The summed E-state index contributed by atoms with van der Waals surface area (Å²) in [6.07, 6.45) is 0. The van der Waals surface area contributed by atoms with Gasteiger partial charge in [0.2, 0.25) is 0 Å². The lowest BCUT2D eigenvalue weighted by molar-refractivity contribution is 0.638. The van der Waals surface area contributed by atoms with Gasteiger partial charge in [-0.25, -0.2) is 0 Å². The van der Waals surface area contributed by atoms with Gasteiger partial charge in [-0.1, -0.05) is 164 Å². The third-order valence-corrected chi connectivity index (χ3v) is 12.7. The molecule has 0 unspecified atom stereocenters. The number of hydrogen-bond donors (Lipinski definition) is 0. The lowest BCUT2D eigenvalue weighted by Crippen LogP contribution is -2.22. The zero-order chi connectivity index (χ0) is 38.4. The molecular weight excluding hydrogens is 703 g/mol. The molecule has 0 spiro atoms. The molecule has 0 saturated carbocycles. The summed E-state index contributed by atoms with van der Waals surface area (Å²) in [5, 5.41) is 9.78. The Balaban J connectivity index is 1.07. The second-order valence-corrected chi connectivity index (χ2v) is 15.8. The fourth-order valence-electron chi connectivity index (χ4n) is 9.98. The first kappa shape index (κ1) is 32.8. The average molecular weight is 740 g/mol. The molecule has 58 heavy (non-hydrogen) atoms. The highest BCUT2D eigenvalue weighted by Gasteiger charge is 2.42. The van der Waals surface area contributed by atoms with E-state index in [1.807, 2.05) is 0 Å². The summed E-state index contributed by atoms with van der Waals surface area (Å²) in [5.41, 5.74) is 13.5. The van der Waals surface area contributed by atoms with Gasteiger partial charge in [0.1, 0.15) is 11.2 Å². The van der Waals surface area contributed by atoms with Gasteiger partial charge in [-0.2, -0.15) is 0 Å². The van der Waals surface area contributed by atoms with Crippen molar-refractivity contribution < 1.29 is 4.42 Å². The number of rotatable bonds is 5. The van der Waals surface area contributed by atoms with Gasteiger partial charge in [0, 0.05) is 38.8 Å². The van der Waals surface area contributed by atoms with Crippen LogP contribution in [0.1, 0.15) is 23.6 Å². The van der Waals surface area contributed by atoms with Gasteiger partial charge in [-0.15, -0.1) is 0 Å². The molecule has 1 heterocycles. The maximum Gasteiger partial charge on any atom is 0.139 e. The first-order valence-electron chi connectivity index (χ1n) is 20.1. The number of benzene rings is 10. The highest BCUT2D eigenvalue weighted by Crippen LogP contribution is 2.54. The molecule has 10 aromatic carbocycles. The Morgan fingerprint density at radius 3 is 1.47 bits per heavy atom. The van der Waals surface area contributed by atoms with E-state index in [0.717, 1.165) is 39.0 Å². The predicted molar refractivity (Wildman–Crippen MR) is 244 cm³/mol. The van der Waals surface area contributed by atoms with Crippen molar-refractivity contribution in [3.63, 3.8) is 0 Å². The molecule has 0 saturated heterocycles. The summed E-state index contributed by atoms with van der Waals surface area (Å²) < 4.78 is 6.93. The van der Waals surface area contributed by atoms with Crippen LogP contribution in [0.25, 0.3) is 76.5 Å². The number of anilines is 3. The zero-order valence-electron chi connectivity index (χ0n) is 32.0. The first-order valence-corrected chi connectivity index (χ1v) is 20.1. The SMILES string of the molecule is CC1(c2cccc3c2oc2ccc(N(c4ccc(-c5ccccc5)cc4)c4ccc5c6ccccc6c6ccccc6c5c4)cc23)c2ccccc2-c2ccccc21. The van der Waals surface area contributed by atoms with Crippen LogP contribution in [0, 0.1) is 0 Å². The number of furan rings is 1. The van der Waals surface area contributed by atoms with Crippen molar-refractivity contribution in [2.75, 3.05) is 4.90 Å². The fraction of sp³-hybridized carbons (Fsp3) is 0.0357. The smallest absolute Gasteiger partial charge is 0.139 e. The molecule has 0 atom stereocenters. The summed E-state index contributed by atoms with van der Waals surface area (Å²) in [4.78, 5) is 2.39. The van der Waals surface area contributed by atoms with Gasteiger partial charge in [0.15, 0.2) is 0 Å². The van der Waals surface area contributed by atoms with E-state index in [9.17, 15) is 0 Å². The van der Waals surface area contributed by atoms with Crippen LogP contribution in [0.2, 0.25) is 0 Å². The van der Waals surface area contributed by atoms with Gasteiger partial charge in [-0.3, -0.25) is 0 Å². The summed E-state index contributed by atoms with van der Waals surface area (Å²) >= 11 is 0. The molecule has 1 aliphatic rings. The summed E-state index contributed by atoms with van der Waals surface area (Å²) in [7, 11) is 0. The maximum atomic E-state index is 6.93. The Hall–Kier alpha value is -7.42. The van der Waals surface area contributed by atoms with E-state index in [4.69, 9.17) is 4.42 Å². The van der Waals surface area contributed by atoms with Gasteiger partial charge >= 0.3 is 0 Å². The van der Waals surface area contributed by atoms with Crippen LogP contribution in [-0.4, -0.2) is 0 Å². The summed E-state index contributed by atoms with van der Waals surface area (Å²) in [5.74, 6) is 0. The first-order chi connectivity index (χ1) is 28.6. The quantitative estimate of drug-likeness (QED) is 0.163. The van der Waals surface area contributed by atoms with Crippen molar-refractivity contribution in [3.8, 4) is 22.3 Å². The third-order valence-electron chi connectivity index (χ3n) is 12.7. The molecule has 11 aromatic rings. The molecule has 0 fully saturated rings. The van der Waals surface area contributed by atoms with Crippen molar-refractivity contribution in [1.82, 2.24) is 0 Å². The molecule has 0 aliphatic heterocycles. The molecule has 2 heteroatoms. The van der Waals surface area contributed by atoms with E-state index in [0.29, 0.717) is 0 Å². The summed E-state index contributed by atoms with van der Waals surface area (Å²) in [6, 6.07) is 75.1. The Labute approximate surface area is 336 Å². The predicted octanol–water partition coefficient (Wildman–Crippen LogP) is 15.5. The number of para-hydroxylation sites is 1. The van der Waals surface area contributed by atoms with E-state index in [1.54, 1.807) is 0 Å². The van der Waals surface area contributed by atoms with Crippen LogP contribution in [0.3, 0.4) is 0 Å². The minimum absolute atomic E-state index is 0.367. The minimum Gasteiger partial charge on any atom is -0.456 e. The Bertz CT molecular complexity index is 3330. The van der Waals surface area contributed by atoms with Crippen LogP contribution >= 0.6 is 0 Å². The van der Waals surface area contributed by atoms with E-state index >= 15 is 0 Å². The topological polar surface area (TPSA) is 16.4 Å². The van der Waals surface area contributed by atoms with Crippen LogP contribution < -0.4 is 4.90 Å². The molecule has 0 N–H and O–H groups in total. The van der Waals surface area contributed by atoms with Crippen LogP contribution in [-0.2, 0) is 5.41 Å². The highest BCUT2D eigenvalue weighted by molar-refractivity contribution is 6.26. The lowest BCUT2D eigenvalue weighted by Gasteiger charge is -2.28. The molecule has 1 aliphatic carbocycles. The molecule has 0 bridgehead atoms. The van der Waals surface area contributed by atoms with E-state index in [1.165, 1.54) is 71.3 Å². The van der Waals surface area contributed by atoms with Crippen LogP contribution in [0.5, 0.6) is 0 Å². The number of nitrogens with zero attached hydrogens (tertiary/aromatic N) is 1. The van der Waals surface area contributed by atoms with Crippen molar-refractivity contribution in [3.05, 3.63) is 223 Å². The lowest BCUT2D eigenvalue weighted by atomic mass is 9.74. The van der Waals surface area contributed by atoms with E-state index in [2.05, 4.69) is 218 Å². The monoisotopic (exact) mass is 739 g/mol. The third kappa shape index (κ3) is 4.72. The van der Waals surface area contributed by atoms with Gasteiger partial charge in [0.05, 0.1) is 0 Å². The van der Waals surface area contributed by atoms with E-state index in [-0.39, 0.29) is 5.41 Å². The molecule has 2 nitrogen and oxygen atoms in total. The second-order valence-electron chi connectivity index (χ2n) is 15.8. The molecule has 1 aromatic heterocycles. The molecule has 12 rings (SSSR count). The van der Waals surface area contributed by atoms with Crippen LogP contribution in [0.15, 0.2) is 211 Å². The van der Waals surface area contributed by atoms with Crippen molar-refractivity contribution >= 4 is 71.3 Å². The van der Waals surface area contributed by atoms with Crippen molar-refractivity contribution in [1.29, 1.82) is 0 Å². The molecule has 272 valence electrons. The Kier molecular flexibility index (Phi) is 7.09. The van der Waals surface area contributed by atoms with Gasteiger partial charge < -0.3 is 9.32 Å². The maximum absolute atomic E-state index is 6.93. The molecular formula is C56H37NO. The average Bonchev–Trinajstić information content (AvgIpc) is 3.80. The number of hydrogen-bond acceptors (Lipinski definition) is 2. The van der Waals surface area contributed by atoms with Gasteiger partial charge in [-0.05, 0) is 115 Å². The largest absolute Gasteiger partial charge is 0.456 e. The van der Waals surface area contributed by atoms with Crippen molar-refractivity contribution in [2.45, 2.75) is 12.3 Å². The second kappa shape index (κ2) is 12.5. The highest BCUT2D eigenvalue weighted by atomic mass is 16.3. The van der Waals surface area contributed by atoms with Crippen molar-refractivity contribution in [2.24, 2.45) is 0 Å². The molecule has 0 radical (unpaired) electrons.